The van der Waals surface area contributed by atoms with Gasteiger partial charge in [-0.05, 0) is 86.0 Å². The van der Waals surface area contributed by atoms with Gasteiger partial charge in [-0.3, -0.25) is 34.2 Å². The number of hydrogen-bond donors (Lipinski definition) is 2. The molecule has 3 aromatic heterocycles. The summed E-state index contributed by atoms with van der Waals surface area (Å²) in [7, 11) is 0. The van der Waals surface area contributed by atoms with Crippen LogP contribution in [0.4, 0.5) is 17.3 Å². The number of nitrogens with zero attached hydrogens (tertiary/aromatic N) is 9. The van der Waals surface area contributed by atoms with Crippen LogP contribution in [0.15, 0.2) is 97.5 Å². The van der Waals surface area contributed by atoms with Crippen molar-refractivity contribution in [1.82, 2.24) is 39.8 Å². The van der Waals surface area contributed by atoms with Crippen molar-refractivity contribution < 1.29 is 28.7 Å². The molecule has 4 aliphatic rings. The fourth-order valence-corrected chi connectivity index (χ4v) is 8.80. The van der Waals surface area contributed by atoms with E-state index in [2.05, 4.69) is 30.1 Å². The lowest BCUT2D eigenvalue weighted by Crippen LogP contribution is -2.54. The maximum atomic E-state index is 13.7. The van der Waals surface area contributed by atoms with Crippen LogP contribution < -0.4 is 25.6 Å². The molecule has 0 bridgehead atoms. The molecule has 3 N–H and O–H groups in total. The molecule has 3 saturated heterocycles. The molecule has 6 aromatic rings. The molecular formula is C45H41N11O6. The van der Waals surface area contributed by atoms with Crippen molar-refractivity contribution in [2.24, 2.45) is 0 Å². The van der Waals surface area contributed by atoms with Crippen molar-refractivity contribution in [3.05, 3.63) is 114 Å². The zero-order valence-corrected chi connectivity index (χ0v) is 33.5. The van der Waals surface area contributed by atoms with Crippen LogP contribution in [0.1, 0.15) is 62.8 Å². The van der Waals surface area contributed by atoms with Gasteiger partial charge in [0.1, 0.15) is 41.2 Å². The first-order chi connectivity index (χ1) is 30.2. The first-order valence-electron chi connectivity index (χ1n) is 20.6. The quantitative estimate of drug-likeness (QED) is 0.204. The van der Waals surface area contributed by atoms with Gasteiger partial charge in [0.2, 0.25) is 11.8 Å². The van der Waals surface area contributed by atoms with E-state index in [-0.39, 0.29) is 35.9 Å². The highest BCUT2D eigenvalue weighted by atomic mass is 16.5. The first-order valence-corrected chi connectivity index (χ1v) is 20.6. The van der Waals surface area contributed by atoms with Crippen molar-refractivity contribution in [3.63, 3.8) is 0 Å². The van der Waals surface area contributed by atoms with Crippen LogP contribution in [0.3, 0.4) is 0 Å². The number of nitrogens with one attached hydrogen (secondary N) is 1. The molecule has 17 nitrogen and oxygen atoms in total. The average molecular weight is 832 g/mol. The SMILES string of the molecule is Nc1ncnc2c1c(-c1ccc(Oc3ccccc3)cc1)nn2C1CCN(C(=O)c2ccc(N3CCN(c4ccc5c(c4)C(=O)N(C4CCC(=O)NC4=O)C5=O)CC3)nc2)CC1. The highest BCUT2D eigenvalue weighted by molar-refractivity contribution is 6.23. The minimum Gasteiger partial charge on any atom is -0.457 e. The van der Waals surface area contributed by atoms with Crippen LogP contribution >= 0.6 is 0 Å². The normalized spacial score (nSPS) is 18.4. The zero-order valence-electron chi connectivity index (χ0n) is 33.5. The molecule has 0 saturated carbocycles. The van der Waals surface area contributed by atoms with Crippen molar-refractivity contribution in [3.8, 4) is 22.8 Å². The number of carbonyl (C=O) groups is 5. The van der Waals surface area contributed by atoms with E-state index in [1.165, 1.54) is 6.33 Å². The Morgan fingerprint density at radius 1 is 0.742 bits per heavy atom. The summed E-state index contributed by atoms with van der Waals surface area (Å²) in [5.74, 6) is 0.374. The van der Waals surface area contributed by atoms with E-state index in [0.29, 0.717) is 86.0 Å². The smallest absolute Gasteiger partial charge is 0.262 e. The first kappa shape index (κ1) is 38.5. The molecule has 5 amide bonds. The van der Waals surface area contributed by atoms with Gasteiger partial charge >= 0.3 is 0 Å². The number of nitrogens with two attached hydrogens (primary N) is 1. The summed E-state index contributed by atoms with van der Waals surface area (Å²) in [6.45, 7) is 3.64. The lowest BCUT2D eigenvalue weighted by molar-refractivity contribution is -0.136. The minimum atomic E-state index is -1.01. The van der Waals surface area contributed by atoms with Crippen LogP contribution in [0.25, 0.3) is 22.3 Å². The summed E-state index contributed by atoms with van der Waals surface area (Å²) in [6, 6.07) is 25.1. The second-order valence-electron chi connectivity index (χ2n) is 15.8. The van der Waals surface area contributed by atoms with Gasteiger partial charge in [0.25, 0.3) is 17.7 Å². The third kappa shape index (κ3) is 7.00. The molecule has 1 atom stereocenters. The van der Waals surface area contributed by atoms with Gasteiger partial charge in [0, 0.05) is 63.1 Å². The number of likely N-dealkylation sites (tertiary alicyclic amines) is 1. The Balaban J connectivity index is 0.754. The number of aromatic nitrogens is 5. The Labute approximate surface area is 355 Å². The summed E-state index contributed by atoms with van der Waals surface area (Å²) in [5, 5.41) is 7.94. The molecule has 0 spiro atoms. The van der Waals surface area contributed by atoms with Crippen molar-refractivity contribution >= 4 is 57.9 Å². The number of ether oxygens (including phenoxy) is 1. The molecular weight excluding hydrogens is 791 g/mol. The van der Waals surface area contributed by atoms with E-state index in [1.807, 2.05) is 82.4 Å². The molecule has 3 fully saturated rings. The largest absolute Gasteiger partial charge is 0.457 e. The summed E-state index contributed by atoms with van der Waals surface area (Å²) >= 11 is 0. The van der Waals surface area contributed by atoms with E-state index in [1.54, 1.807) is 18.3 Å². The van der Waals surface area contributed by atoms with Crippen LogP contribution in [0.2, 0.25) is 0 Å². The molecule has 312 valence electrons. The van der Waals surface area contributed by atoms with Gasteiger partial charge in [-0.2, -0.15) is 5.10 Å². The van der Waals surface area contributed by atoms with Gasteiger partial charge < -0.3 is 25.2 Å². The summed E-state index contributed by atoms with van der Waals surface area (Å²) in [4.78, 5) is 85.0. The number of fused-ring (bicyclic) bond motifs is 2. The van der Waals surface area contributed by atoms with E-state index < -0.39 is 29.7 Å². The summed E-state index contributed by atoms with van der Waals surface area (Å²) < 4.78 is 7.91. The van der Waals surface area contributed by atoms with E-state index >= 15 is 0 Å². The molecule has 0 aliphatic carbocycles. The Morgan fingerprint density at radius 3 is 2.19 bits per heavy atom. The average Bonchev–Trinajstić information content (AvgIpc) is 3.82. The van der Waals surface area contributed by atoms with Crippen LogP contribution in [-0.4, -0.2) is 109 Å². The Hall–Kier alpha value is -7.69. The number of imide groups is 2. The molecule has 3 aromatic carbocycles. The second-order valence-corrected chi connectivity index (χ2v) is 15.8. The number of anilines is 3. The number of rotatable bonds is 8. The molecule has 10 rings (SSSR count). The third-order valence-electron chi connectivity index (χ3n) is 12.1. The number of piperidine rings is 2. The number of hydrogen-bond acceptors (Lipinski definition) is 13. The monoisotopic (exact) mass is 831 g/mol. The molecule has 17 heteroatoms. The van der Waals surface area contributed by atoms with Gasteiger partial charge in [-0.1, -0.05) is 18.2 Å². The van der Waals surface area contributed by atoms with E-state index in [9.17, 15) is 24.0 Å². The highest BCUT2D eigenvalue weighted by Crippen LogP contribution is 2.36. The number of pyridine rings is 1. The summed E-state index contributed by atoms with van der Waals surface area (Å²) in [5.41, 5.74) is 10.4. The third-order valence-corrected chi connectivity index (χ3v) is 12.1. The summed E-state index contributed by atoms with van der Waals surface area (Å²) in [6.07, 6.45) is 4.62. The number of amides is 5. The zero-order chi connectivity index (χ0) is 42.5. The maximum Gasteiger partial charge on any atom is 0.262 e. The lowest BCUT2D eigenvalue weighted by Gasteiger charge is -2.37. The number of carbonyl (C=O) groups excluding carboxylic acids is 5. The fourth-order valence-electron chi connectivity index (χ4n) is 8.80. The fraction of sp³-hybridized carbons (Fsp3) is 0.267. The van der Waals surface area contributed by atoms with Crippen molar-refractivity contribution in [2.45, 2.75) is 37.8 Å². The van der Waals surface area contributed by atoms with E-state index in [0.717, 1.165) is 27.7 Å². The molecule has 4 aliphatic heterocycles. The van der Waals surface area contributed by atoms with E-state index in [4.69, 9.17) is 15.6 Å². The van der Waals surface area contributed by atoms with Gasteiger partial charge in [-0.25, -0.2) is 19.6 Å². The van der Waals surface area contributed by atoms with Crippen molar-refractivity contribution in [1.29, 1.82) is 0 Å². The molecule has 7 heterocycles. The second kappa shape index (κ2) is 15.7. The molecule has 0 radical (unpaired) electrons. The van der Waals surface area contributed by atoms with Gasteiger partial charge in [0.15, 0.2) is 5.65 Å². The molecule has 1 unspecified atom stereocenters. The van der Waals surface area contributed by atoms with Crippen molar-refractivity contribution in [2.75, 3.05) is 54.8 Å². The predicted octanol–water partition coefficient (Wildman–Crippen LogP) is 4.47. The standard InChI is InChI=1S/C45H41N11O6/c46-40-38-39(27-6-10-32(11-7-27)62-31-4-2-1-3-5-31)51-56(41(38)49-26-48-40)29-16-18-54(19-17-29)43(59)28-8-14-36(47-25-28)53-22-20-52(21-23-53)30-9-12-33-34(24-30)45(61)55(44(33)60)35-13-15-37(57)50-42(35)58/h1-12,14,24-26,29,35H,13,15-23H2,(H2,46,48,49)(H,50,57,58). The van der Waals surface area contributed by atoms with Crippen LogP contribution in [0.5, 0.6) is 11.5 Å². The molecule has 62 heavy (non-hydrogen) atoms. The minimum absolute atomic E-state index is 0.00299. The topological polar surface area (TPSA) is 202 Å². The maximum absolute atomic E-state index is 13.7. The van der Waals surface area contributed by atoms with Gasteiger partial charge in [-0.15, -0.1) is 0 Å². The van der Waals surface area contributed by atoms with Crippen LogP contribution in [-0.2, 0) is 9.59 Å². The Morgan fingerprint density at radius 2 is 1.47 bits per heavy atom. The van der Waals surface area contributed by atoms with Gasteiger partial charge in [0.05, 0.1) is 28.1 Å². The Kier molecular flexibility index (Phi) is 9.77. The number of piperazine rings is 1. The Bertz CT molecular complexity index is 2740. The number of para-hydroxylation sites is 1. The lowest BCUT2D eigenvalue weighted by atomic mass is 10.0. The highest BCUT2D eigenvalue weighted by Gasteiger charge is 2.45. The predicted molar refractivity (Wildman–Crippen MR) is 228 cm³/mol. The number of benzene rings is 3. The van der Waals surface area contributed by atoms with Crippen LogP contribution in [0, 0.1) is 0 Å². The number of nitrogen functional groups attached to an aromatic ring is 1.